The molecule has 0 fully saturated rings. The summed E-state index contributed by atoms with van der Waals surface area (Å²) in [6, 6.07) is 7.67. The van der Waals surface area contributed by atoms with E-state index in [0.29, 0.717) is 24.7 Å². The van der Waals surface area contributed by atoms with Crippen molar-refractivity contribution in [1.82, 2.24) is 0 Å². The molecule has 0 radical (unpaired) electrons. The first kappa shape index (κ1) is 44.3. The molecule has 2 aromatic rings. The number of hydrogen-bond donors (Lipinski definition) is 2. The van der Waals surface area contributed by atoms with Crippen LogP contribution in [0.3, 0.4) is 0 Å². The van der Waals surface area contributed by atoms with Crippen molar-refractivity contribution in [1.29, 1.82) is 0 Å². The molecule has 0 aliphatic rings. The van der Waals surface area contributed by atoms with E-state index in [-0.39, 0.29) is 75.5 Å². The van der Waals surface area contributed by atoms with Gasteiger partial charge in [-0.15, -0.1) is 18.1 Å². The summed E-state index contributed by atoms with van der Waals surface area (Å²) in [5, 5.41) is 21.2. The Kier molecular flexibility index (Phi) is 17.9. The van der Waals surface area contributed by atoms with Gasteiger partial charge in [0.1, 0.15) is 37.9 Å². The van der Waals surface area contributed by atoms with Crippen molar-refractivity contribution in [2.45, 2.75) is 132 Å². The molecule has 0 amide bonds. The maximum Gasteiger partial charge on any atom is 2.00 e. The summed E-state index contributed by atoms with van der Waals surface area (Å²) < 4.78 is 43.3. The van der Waals surface area contributed by atoms with Crippen LogP contribution in [0.1, 0.15) is 133 Å². The first-order chi connectivity index (χ1) is 19.9. The van der Waals surface area contributed by atoms with Crippen molar-refractivity contribution in [2.75, 3.05) is 13.2 Å². The Morgan fingerprint density at radius 3 is 0.933 bits per heavy atom. The molecule has 0 aliphatic carbocycles. The van der Waals surface area contributed by atoms with E-state index in [1.54, 1.807) is 13.8 Å². The minimum absolute atomic E-state index is 0. The maximum atomic E-state index is 11.5. The summed E-state index contributed by atoms with van der Waals surface area (Å²) in [4.78, 5) is 0. The number of benzene rings is 2. The molecule has 2 atom stereocenters. The smallest absolute Gasteiger partial charge is 1.00 e. The zero-order valence-electron chi connectivity index (χ0n) is 32.1. The molecule has 0 spiro atoms. The fraction of sp³-hybridized carbons (Fsp3) is 0.647. The summed E-state index contributed by atoms with van der Waals surface area (Å²) >= 11 is 0. The van der Waals surface area contributed by atoms with Crippen molar-refractivity contribution in [3.05, 3.63) is 57.6 Å². The van der Waals surface area contributed by atoms with Crippen LogP contribution in [0.25, 0.3) is 0 Å². The molecule has 11 heteroatoms. The molecular formula is C34H58CaO8P2+2. The zero-order chi connectivity index (χ0) is 34.3. The average Bonchev–Trinajstić information content (AvgIpc) is 2.85. The van der Waals surface area contributed by atoms with Crippen molar-refractivity contribution < 1.29 is 40.3 Å². The predicted octanol–water partition coefficient (Wildman–Crippen LogP) is 10.2. The van der Waals surface area contributed by atoms with Gasteiger partial charge in [-0.1, -0.05) is 83.1 Å². The van der Waals surface area contributed by atoms with E-state index in [4.69, 9.17) is 18.1 Å². The first-order valence-corrected chi connectivity index (χ1v) is 17.3. The van der Waals surface area contributed by atoms with Gasteiger partial charge in [0, 0.05) is 9.13 Å². The molecule has 252 valence electrons. The second kappa shape index (κ2) is 18.2. The summed E-state index contributed by atoms with van der Waals surface area (Å²) in [5.41, 5.74) is 4.46. The van der Waals surface area contributed by atoms with Gasteiger partial charge in [0.05, 0.1) is 0 Å². The second-order valence-corrected chi connectivity index (χ2v) is 16.8. The third-order valence-electron chi connectivity index (χ3n) is 6.71. The van der Waals surface area contributed by atoms with Gasteiger partial charge >= 0.3 is 54.2 Å². The number of hydrogen-bond acceptors (Lipinski definition) is 8. The molecule has 8 nitrogen and oxygen atoms in total. The maximum absolute atomic E-state index is 11.5. The molecule has 2 N–H and O–H groups in total. The molecule has 2 unspecified atom stereocenters. The van der Waals surface area contributed by atoms with Crippen molar-refractivity contribution in [3.63, 3.8) is 0 Å². The van der Waals surface area contributed by atoms with E-state index in [0.717, 1.165) is 33.4 Å². The van der Waals surface area contributed by atoms with Gasteiger partial charge in [-0.3, -0.25) is 0 Å². The van der Waals surface area contributed by atoms with Crippen LogP contribution in [0.5, 0.6) is 11.5 Å². The van der Waals surface area contributed by atoms with Gasteiger partial charge in [-0.25, -0.2) is 0 Å². The van der Waals surface area contributed by atoms with Crippen molar-refractivity contribution in [3.8, 4) is 11.5 Å². The average molecular weight is 697 g/mol. The topological polar surface area (TPSA) is 112 Å². The van der Waals surface area contributed by atoms with Crippen LogP contribution in [0, 0.1) is 0 Å². The van der Waals surface area contributed by atoms with Crippen LogP contribution in [0.2, 0.25) is 0 Å². The Hall–Kier alpha value is -0.660. The molecule has 45 heavy (non-hydrogen) atoms. The molecule has 0 bridgehead atoms. The van der Waals surface area contributed by atoms with Crippen LogP contribution in [-0.4, -0.2) is 61.2 Å². The van der Waals surface area contributed by atoms with Gasteiger partial charge in [0.15, 0.2) is 0 Å². The number of aromatic hydroxyl groups is 2. The van der Waals surface area contributed by atoms with E-state index < -0.39 is 16.5 Å². The Bertz CT molecular complexity index is 1130. The normalized spacial score (nSPS) is 13.0. The van der Waals surface area contributed by atoms with E-state index in [2.05, 4.69) is 83.1 Å². The molecule has 0 aliphatic heterocycles. The summed E-state index contributed by atoms with van der Waals surface area (Å²) in [6.07, 6.45) is 0. The minimum atomic E-state index is -2.10. The largest absolute Gasteiger partial charge is 2.00 e. The third kappa shape index (κ3) is 14.6. The zero-order valence-corrected chi connectivity index (χ0v) is 34.1. The third-order valence-corrected chi connectivity index (χ3v) is 8.33. The molecule has 0 aromatic heterocycles. The molecule has 0 heterocycles. The fourth-order valence-electron chi connectivity index (χ4n) is 4.38. The standard InChI is InChI=1S/2C17H27O4P.Ca.2H/c2*1-8-20-22(19)21-11-12-9-13(16(2,3)4)15(18)14(10-12)17(5,6)7;;;/h2*9-10H,8,11H2,1-7H3;;;/q;;+2;2*-1/p+2. The van der Waals surface area contributed by atoms with Crippen molar-refractivity contribution >= 4 is 54.2 Å². The van der Waals surface area contributed by atoms with E-state index >= 15 is 0 Å². The second-order valence-electron chi connectivity index (χ2n) is 14.9. The van der Waals surface area contributed by atoms with Gasteiger partial charge in [-0.2, -0.15) is 0 Å². The fourth-order valence-corrected chi connectivity index (χ4v) is 5.46. The quantitative estimate of drug-likeness (QED) is 0.187. The van der Waals surface area contributed by atoms with Crippen molar-refractivity contribution in [2.24, 2.45) is 0 Å². The molecule has 2 aromatic carbocycles. The van der Waals surface area contributed by atoms with E-state index in [1.165, 1.54) is 0 Å². The number of phenols is 2. The Labute approximate surface area is 306 Å². The van der Waals surface area contributed by atoms with E-state index in [9.17, 15) is 19.3 Å². The van der Waals surface area contributed by atoms with Crippen LogP contribution >= 0.6 is 16.5 Å². The van der Waals surface area contributed by atoms with Crippen LogP contribution in [-0.2, 0) is 62.1 Å². The Balaban J connectivity index is -0.000000774. The monoisotopic (exact) mass is 696 g/mol. The Morgan fingerprint density at radius 2 is 0.756 bits per heavy atom. The summed E-state index contributed by atoms with van der Waals surface area (Å²) in [7, 11) is -4.20. The van der Waals surface area contributed by atoms with Gasteiger partial charge in [-0.05, 0) is 93.2 Å². The summed E-state index contributed by atoms with van der Waals surface area (Å²) in [6.45, 7) is 29.3. The van der Waals surface area contributed by atoms with Gasteiger partial charge < -0.3 is 13.1 Å². The van der Waals surface area contributed by atoms with Gasteiger partial charge in [0.2, 0.25) is 0 Å². The number of rotatable bonds is 10. The summed E-state index contributed by atoms with van der Waals surface area (Å²) in [5.74, 6) is 0.663. The SMILES string of the molecule is CCO[P+](=O)OCc1cc(C(C)(C)C)c(O)c(C(C)(C)C)c1.CCO[P+](=O)OCc1cc(C(C)(C)C)c(O)c(C(C)(C)C)c1.[Ca+2].[H-].[H-]. The van der Waals surface area contributed by atoms with Crippen LogP contribution in [0.15, 0.2) is 24.3 Å². The molecule has 2 rings (SSSR count). The van der Waals surface area contributed by atoms with Crippen LogP contribution < -0.4 is 0 Å². The predicted molar refractivity (Wildman–Crippen MR) is 187 cm³/mol. The number of phenolic OH excluding ortho intramolecular Hbond substituents is 2. The molecule has 0 saturated carbocycles. The Morgan fingerprint density at radius 1 is 0.533 bits per heavy atom. The van der Waals surface area contributed by atoms with Gasteiger partial charge in [0.25, 0.3) is 0 Å². The van der Waals surface area contributed by atoms with Crippen LogP contribution in [0.4, 0.5) is 0 Å². The first-order valence-electron chi connectivity index (χ1n) is 15.1. The molecule has 0 saturated heterocycles. The van der Waals surface area contributed by atoms with E-state index in [1.807, 2.05) is 24.3 Å². The minimum Gasteiger partial charge on any atom is -1.00 e. The molecular weight excluding hydrogens is 638 g/mol.